The van der Waals surface area contributed by atoms with Crippen molar-refractivity contribution in [1.82, 2.24) is 9.78 Å². The fraction of sp³-hybridized carbons (Fsp3) is 0.692. The maximum Gasteiger partial charge on any atom is 0.305 e. The van der Waals surface area contributed by atoms with Gasteiger partial charge in [0, 0.05) is 25.7 Å². The minimum atomic E-state index is -0.171. The van der Waals surface area contributed by atoms with Gasteiger partial charge >= 0.3 is 5.97 Å². The zero-order chi connectivity index (χ0) is 13.5. The predicted molar refractivity (Wildman–Crippen MR) is 70.1 cm³/mol. The summed E-state index contributed by atoms with van der Waals surface area (Å²) in [4.78, 5) is 11.2. The summed E-state index contributed by atoms with van der Waals surface area (Å²) in [6.45, 7) is 4.31. The molecule has 0 radical (unpaired) electrons. The van der Waals surface area contributed by atoms with Crippen molar-refractivity contribution in [2.45, 2.75) is 45.6 Å². The van der Waals surface area contributed by atoms with Crippen LogP contribution in [0.25, 0.3) is 0 Å². The number of hydrogen-bond acceptors (Lipinski definition) is 4. The van der Waals surface area contributed by atoms with E-state index >= 15 is 0 Å². The molecule has 0 aromatic carbocycles. The highest BCUT2D eigenvalue weighted by Gasteiger charge is 2.12. The molecule has 0 spiro atoms. The van der Waals surface area contributed by atoms with Gasteiger partial charge in [0.15, 0.2) is 0 Å². The monoisotopic (exact) mass is 253 g/mol. The van der Waals surface area contributed by atoms with Gasteiger partial charge in [-0.15, -0.1) is 0 Å². The number of ether oxygens (including phenoxy) is 1. The van der Waals surface area contributed by atoms with Crippen LogP contribution < -0.4 is 5.73 Å². The van der Waals surface area contributed by atoms with E-state index < -0.39 is 0 Å². The van der Waals surface area contributed by atoms with Crippen LogP contribution in [-0.4, -0.2) is 28.4 Å². The summed E-state index contributed by atoms with van der Waals surface area (Å²) in [6.07, 6.45) is 4.70. The van der Waals surface area contributed by atoms with Crippen LogP contribution in [0.5, 0.6) is 0 Å². The van der Waals surface area contributed by atoms with Gasteiger partial charge < -0.3 is 10.5 Å². The summed E-state index contributed by atoms with van der Waals surface area (Å²) in [6, 6.07) is -0.0242. The number of aromatic nitrogens is 2. The minimum Gasteiger partial charge on any atom is -0.466 e. The van der Waals surface area contributed by atoms with Crippen molar-refractivity contribution in [2.24, 2.45) is 12.8 Å². The topological polar surface area (TPSA) is 70.1 Å². The van der Waals surface area contributed by atoms with Crippen molar-refractivity contribution >= 4 is 5.97 Å². The Morgan fingerprint density at radius 1 is 1.56 bits per heavy atom. The lowest BCUT2D eigenvalue weighted by Gasteiger charge is -2.10. The summed E-state index contributed by atoms with van der Waals surface area (Å²) < 4.78 is 6.69. The van der Waals surface area contributed by atoms with E-state index in [4.69, 9.17) is 10.5 Å². The highest BCUT2D eigenvalue weighted by Crippen LogP contribution is 2.11. The highest BCUT2D eigenvalue weighted by molar-refractivity contribution is 5.69. The van der Waals surface area contributed by atoms with E-state index in [0.717, 1.165) is 18.5 Å². The number of nitrogens with two attached hydrogens (primary N) is 1. The fourth-order valence-corrected chi connectivity index (χ4v) is 1.97. The van der Waals surface area contributed by atoms with E-state index in [9.17, 15) is 4.79 Å². The summed E-state index contributed by atoms with van der Waals surface area (Å²) in [5.41, 5.74) is 8.30. The first-order valence-corrected chi connectivity index (χ1v) is 6.49. The molecule has 0 fully saturated rings. The van der Waals surface area contributed by atoms with Crippen LogP contribution in [0.2, 0.25) is 0 Å². The van der Waals surface area contributed by atoms with Crippen LogP contribution in [0, 0.1) is 0 Å². The molecule has 1 unspecified atom stereocenters. The zero-order valence-electron chi connectivity index (χ0n) is 11.5. The molecule has 1 aromatic heterocycles. The Morgan fingerprint density at radius 2 is 2.28 bits per heavy atom. The molecule has 0 aliphatic heterocycles. The van der Waals surface area contributed by atoms with Crippen molar-refractivity contribution < 1.29 is 9.53 Å². The molecule has 1 heterocycles. The summed E-state index contributed by atoms with van der Waals surface area (Å²) in [5.74, 6) is -0.171. The summed E-state index contributed by atoms with van der Waals surface area (Å²) in [5, 5.41) is 4.38. The summed E-state index contributed by atoms with van der Waals surface area (Å²) in [7, 11) is 1.91. The lowest BCUT2D eigenvalue weighted by atomic mass is 10.0. The van der Waals surface area contributed by atoms with Gasteiger partial charge in [-0.25, -0.2) is 0 Å². The largest absolute Gasteiger partial charge is 0.466 e. The lowest BCUT2D eigenvalue weighted by Crippen LogP contribution is -2.24. The number of carbonyl (C=O) groups excluding carboxylic acids is 1. The van der Waals surface area contributed by atoms with Gasteiger partial charge in [0.25, 0.3) is 0 Å². The Labute approximate surface area is 108 Å². The van der Waals surface area contributed by atoms with E-state index in [1.54, 1.807) is 6.92 Å². The third kappa shape index (κ3) is 4.49. The Hall–Kier alpha value is -1.36. The van der Waals surface area contributed by atoms with E-state index in [1.165, 1.54) is 5.56 Å². The second-order valence-corrected chi connectivity index (χ2v) is 4.44. The molecule has 0 saturated carbocycles. The Bertz CT molecular complexity index is 388. The second kappa shape index (κ2) is 7.16. The molecule has 5 nitrogen and oxygen atoms in total. The maximum absolute atomic E-state index is 11.2. The lowest BCUT2D eigenvalue weighted by molar-refractivity contribution is -0.143. The standard InChI is InChI=1S/C13H23N3O2/c1-4-12-10(9-16(3)15-12)8-11(14)6-7-13(17)18-5-2/h9,11H,4-8,14H2,1-3H3. The first-order valence-electron chi connectivity index (χ1n) is 6.49. The number of carbonyl (C=O) groups is 1. The number of rotatable bonds is 7. The second-order valence-electron chi connectivity index (χ2n) is 4.44. The summed E-state index contributed by atoms with van der Waals surface area (Å²) >= 11 is 0. The SMILES string of the molecule is CCOC(=O)CCC(N)Cc1cn(C)nc1CC. The van der Waals surface area contributed by atoms with E-state index in [2.05, 4.69) is 12.0 Å². The average molecular weight is 253 g/mol. The van der Waals surface area contributed by atoms with Crippen LogP contribution in [0.3, 0.4) is 0 Å². The molecular weight excluding hydrogens is 230 g/mol. The Balaban J connectivity index is 2.44. The third-order valence-corrected chi connectivity index (χ3v) is 2.83. The number of esters is 1. The minimum absolute atomic E-state index is 0.0242. The first kappa shape index (κ1) is 14.7. The highest BCUT2D eigenvalue weighted by atomic mass is 16.5. The van der Waals surface area contributed by atoms with Crippen LogP contribution in [0.4, 0.5) is 0 Å². The van der Waals surface area contributed by atoms with Crippen molar-refractivity contribution in [3.8, 4) is 0 Å². The molecule has 0 bridgehead atoms. The van der Waals surface area contributed by atoms with Gasteiger partial charge in [0.1, 0.15) is 0 Å². The molecule has 0 saturated heterocycles. The van der Waals surface area contributed by atoms with Crippen LogP contribution >= 0.6 is 0 Å². The number of hydrogen-bond donors (Lipinski definition) is 1. The fourth-order valence-electron chi connectivity index (χ4n) is 1.97. The van der Waals surface area contributed by atoms with Crippen molar-refractivity contribution in [3.05, 3.63) is 17.5 Å². The van der Waals surface area contributed by atoms with Gasteiger partial charge in [-0.1, -0.05) is 6.92 Å². The quantitative estimate of drug-likeness (QED) is 0.741. The average Bonchev–Trinajstić information content (AvgIpc) is 2.67. The molecule has 1 aromatic rings. The van der Waals surface area contributed by atoms with Crippen LogP contribution in [0.15, 0.2) is 6.20 Å². The molecule has 1 atom stereocenters. The smallest absolute Gasteiger partial charge is 0.305 e. The van der Waals surface area contributed by atoms with Crippen molar-refractivity contribution in [1.29, 1.82) is 0 Å². The molecule has 5 heteroatoms. The number of aryl methyl sites for hydroxylation is 2. The third-order valence-electron chi connectivity index (χ3n) is 2.83. The van der Waals surface area contributed by atoms with Gasteiger partial charge in [-0.05, 0) is 31.7 Å². The Kier molecular flexibility index (Phi) is 5.85. The molecule has 1 rings (SSSR count). The van der Waals surface area contributed by atoms with Crippen LogP contribution in [-0.2, 0) is 29.4 Å². The number of nitrogens with zero attached hydrogens (tertiary/aromatic N) is 2. The zero-order valence-corrected chi connectivity index (χ0v) is 11.5. The van der Waals surface area contributed by atoms with E-state index in [-0.39, 0.29) is 12.0 Å². The van der Waals surface area contributed by atoms with Gasteiger partial charge in [0.2, 0.25) is 0 Å². The molecule has 0 amide bonds. The Morgan fingerprint density at radius 3 is 2.89 bits per heavy atom. The van der Waals surface area contributed by atoms with Gasteiger partial charge in [-0.3, -0.25) is 9.48 Å². The van der Waals surface area contributed by atoms with Gasteiger partial charge in [0.05, 0.1) is 12.3 Å². The van der Waals surface area contributed by atoms with Crippen LogP contribution in [0.1, 0.15) is 37.9 Å². The molecular formula is C13H23N3O2. The predicted octanol–water partition coefficient (Wildman–Crippen LogP) is 1.20. The molecule has 2 N–H and O–H groups in total. The molecule has 18 heavy (non-hydrogen) atoms. The van der Waals surface area contributed by atoms with Crippen molar-refractivity contribution in [2.75, 3.05) is 6.61 Å². The van der Waals surface area contributed by atoms with Crippen molar-refractivity contribution in [3.63, 3.8) is 0 Å². The molecule has 0 aliphatic carbocycles. The maximum atomic E-state index is 11.2. The van der Waals surface area contributed by atoms with Gasteiger partial charge in [-0.2, -0.15) is 5.10 Å². The normalized spacial score (nSPS) is 12.4. The molecule has 102 valence electrons. The van der Waals surface area contributed by atoms with E-state index in [0.29, 0.717) is 19.4 Å². The van der Waals surface area contributed by atoms with E-state index in [1.807, 2.05) is 17.9 Å². The molecule has 0 aliphatic rings. The first-order chi connectivity index (χ1) is 8.56.